The molecule has 0 aliphatic carbocycles. The van der Waals surface area contributed by atoms with Crippen molar-refractivity contribution in [3.63, 3.8) is 0 Å². The Labute approximate surface area is 187 Å². The average Bonchev–Trinajstić information content (AvgIpc) is 2.72. The van der Waals surface area contributed by atoms with Crippen LogP contribution in [0.25, 0.3) is 11.3 Å². The van der Waals surface area contributed by atoms with Crippen LogP contribution in [0.5, 0.6) is 0 Å². The van der Waals surface area contributed by atoms with Gasteiger partial charge in [-0.3, -0.25) is 19.9 Å². The minimum atomic E-state index is -0.627. The number of carbonyl (C=O) groups is 3. The molecule has 2 N–H and O–H groups in total. The summed E-state index contributed by atoms with van der Waals surface area (Å²) < 4.78 is 10.2. The maximum Gasteiger partial charge on any atom is 0.411 e. The number of anilines is 2. The largest absolute Gasteiger partial charge is 0.459 e. The minimum Gasteiger partial charge on any atom is -0.459 e. The Morgan fingerprint density at radius 2 is 1.94 bits per heavy atom. The highest BCUT2D eigenvalue weighted by Gasteiger charge is 2.27. The fraction of sp³-hybridized carbons (Fsp3) is 0.333. The molecule has 1 aliphatic heterocycles. The summed E-state index contributed by atoms with van der Waals surface area (Å²) in [6, 6.07) is 10.5. The highest BCUT2D eigenvalue weighted by Crippen LogP contribution is 2.32. The predicted molar refractivity (Wildman–Crippen MR) is 121 cm³/mol. The van der Waals surface area contributed by atoms with Gasteiger partial charge < -0.3 is 14.8 Å². The highest BCUT2D eigenvalue weighted by molar-refractivity contribution is 5.97. The molecule has 0 fully saturated rings. The Morgan fingerprint density at radius 3 is 2.66 bits per heavy atom. The Hall–Kier alpha value is -3.68. The standard InChI is InChI=1S/C24H27N3O5/c1-24(2,3)32-22(29)17-8-5-6-11-21(28)27-20-14-15(25-23(30)31-4)12-13-16(20)18-9-7-10-19(17)26-18/h5-7,9-10,12-14,17H,8,11H2,1-4H3,(H,25,30)(H,27,28)/b6-5+. The normalized spacial score (nSPS) is 17.0. The van der Waals surface area contributed by atoms with Crippen molar-refractivity contribution in [2.24, 2.45) is 0 Å². The zero-order valence-electron chi connectivity index (χ0n) is 18.6. The summed E-state index contributed by atoms with van der Waals surface area (Å²) in [6.45, 7) is 5.46. The molecule has 2 aromatic rings. The van der Waals surface area contributed by atoms with Crippen molar-refractivity contribution in [1.29, 1.82) is 0 Å². The molecule has 0 spiro atoms. The second-order valence-corrected chi connectivity index (χ2v) is 8.37. The van der Waals surface area contributed by atoms with E-state index in [9.17, 15) is 14.4 Å². The zero-order chi connectivity index (χ0) is 23.3. The molecule has 1 aromatic heterocycles. The molecule has 3 rings (SSSR count). The van der Waals surface area contributed by atoms with Crippen LogP contribution in [-0.4, -0.2) is 35.7 Å². The molecule has 32 heavy (non-hydrogen) atoms. The van der Waals surface area contributed by atoms with E-state index in [0.29, 0.717) is 34.7 Å². The highest BCUT2D eigenvalue weighted by atomic mass is 16.6. The number of methoxy groups -OCH3 is 1. The number of ether oxygens (including phenoxy) is 2. The molecule has 8 nitrogen and oxygen atoms in total. The van der Waals surface area contributed by atoms with E-state index in [-0.39, 0.29) is 18.3 Å². The van der Waals surface area contributed by atoms with E-state index < -0.39 is 17.6 Å². The van der Waals surface area contributed by atoms with E-state index in [1.165, 1.54) is 7.11 Å². The van der Waals surface area contributed by atoms with Crippen molar-refractivity contribution in [2.45, 2.75) is 45.1 Å². The lowest BCUT2D eigenvalue weighted by atomic mass is 9.98. The van der Waals surface area contributed by atoms with E-state index in [0.717, 1.165) is 0 Å². The lowest BCUT2D eigenvalue weighted by molar-refractivity contribution is -0.156. The van der Waals surface area contributed by atoms with Crippen LogP contribution in [0, 0.1) is 0 Å². The molecule has 168 valence electrons. The number of carbonyl (C=O) groups excluding carboxylic acids is 3. The van der Waals surface area contributed by atoms with Gasteiger partial charge in [0, 0.05) is 17.7 Å². The summed E-state index contributed by atoms with van der Waals surface area (Å²) in [6.07, 6.45) is 3.39. The molecule has 0 saturated heterocycles. The van der Waals surface area contributed by atoms with Gasteiger partial charge in [0.15, 0.2) is 0 Å². The molecule has 1 atom stereocenters. The fourth-order valence-electron chi connectivity index (χ4n) is 3.25. The summed E-state index contributed by atoms with van der Waals surface area (Å²) >= 11 is 0. The maximum atomic E-state index is 12.9. The number of rotatable bonds is 2. The van der Waals surface area contributed by atoms with Crippen LogP contribution in [0.2, 0.25) is 0 Å². The number of benzene rings is 1. The smallest absolute Gasteiger partial charge is 0.411 e. The second-order valence-electron chi connectivity index (χ2n) is 8.37. The van der Waals surface area contributed by atoms with Gasteiger partial charge in [0.25, 0.3) is 0 Å². The molecular formula is C24H27N3O5. The predicted octanol–water partition coefficient (Wildman–Crippen LogP) is 4.64. The molecule has 2 amide bonds. The van der Waals surface area contributed by atoms with Gasteiger partial charge in [-0.25, -0.2) is 4.79 Å². The van der Waals surface area contributed by atoms with Gasteiger partial charge in [0.05, 0.1) is 24.2 Å². The third-order valence-electron chi connectivity index (χ3n) is 4.66. The number of hydrogen-bond donors (Lipinski definition) is 2. The molecule has 0 saturated carbocycles. The molecular weight excluding hydrogens is 410 g/mol. The Kier molecular flexibility index (Phi) is 6.92. The molecule has 8 heteroatoms. The van der Waals surface area contributed by atoms with E-state index in [2.05, 4.69) is 15.4 Å². The summed E-state index contributed by atoms with van der Waals surface area (Å²) in [5.41, 5.74) is 2.13. The molecule has 2 bridgehead atoms. The first kappa shape index (κ1) is 23.0. The van der Waals surface area contributed by atoms with E-state index in [1.807, 2.05) is 26.8 Å². The molecule has 0 radical (unpaired) electrons. The first-order chi connectivity index (χ1) is 15.2. The number of esters is 1. The lowest BCUT2D eigenvalue weighted by Gasteiger charge is -2.24. The number of nitrogens with one attached hydrogen (secondary N) is 2. The van der Waals surface area contributed by atoms with Gasteiger partial charge in [0.2, 0.25) is 5.91 Å². The number of aromatic nitrogens is 1. The van der Waals surface area contributed by atoms with Crippen LogP contribution in [-0.2, 0) is 19.1 Å². The fourth-order valence-corrected chi connectivity index (χ4v) is 3.25. The van der Waals surface area contributed by atoms with Gasteiger partial charge in [0.1, 0.15) is 11.5 Å². The number of fused-ring (bicyclic) bond motifs is 4. The summed E-state index contributed by atoms with van der Waals surface area (Å²) in [5, 5.41) is 5.46. The Bertz CT molecular complexity index is 1060. The number of allylic oxidation sites excluding steroid dienone is 1. The topological polar surface area (TPSA) is 107 Å². The van der Waals surface area contributed by atoms with Crippen molar-refractivity contribution in [3.05, 3.63) is 54.2 Å². The maximum absolute atomic E-state index is 12.9. The third-order valence-corrected chi connectivity index (χ3v) is 4.66. The van der Waals surface area contributed by atoms with Crippen molar-refractivity contribution in [2.75, 3.05) is 17.7 Å². The van der Waals surface area contributed by atoms with Gasteiger partial charge in [-0.15, -0.1) is 0 Å². The Balaban J connectivity index is 2.06. The monoisotopic (exact) mass is 437 g/mol. The van der Waals surface area contributed by atoms with E-state index >= 15 is 0 Å². The molecule has 2 heterocycles. The number of amides is 2. The number of pyridine rings is 1. The summed E-state index contributed by atoms with van der Waals surface area (Å²) in [5.74, 6) is -1.20. The summed E-state index contributed by atoms with van der Waals surface area (Å²) in [7, 11) is 1.27. The second kappa shape index (κ2) is 9.64. The van der Waals surface area contributed by atoms with E-state index in [4.69, 9.17) is 9.72 Å². The SMILES string of the molecule is COC(=O)Nc1ccc2c(c1)NC(=O)C/C=C/CC(C(=O)OC(C)(C)C)c1cccc-2n1. The van der Waals surface area contributed by atoms with Crippen LogP contribution in [0.3, 0.4) is 0 Å². The van der Waals surface area contributed by atoms with Gasteiger partial charge in [-0.2, -0.15) is 0 Å². The molecule has 1 aromatic carbocycles. The first-order valence-electron chi connectivity index (χ1n) is 10.3. The van der Waals surface area contributed by atoms with Crippen LogP contribution in [0.1, 0.15) is 45.2 Å². The van der Waals surface area contributed by atoms with Crippen molar-refractivity contribution >= 4 is 29.3 Å². The first-order valence-corrected chi connectivity index (χ1v) is 10.3. The number of hydrogen-bond acceptors (Lipinski definition) is 6. The Morgan fingerprint density at radius 1 is 1.16 bits per heavy atom. The average molecular weight is 437 g/mol. The summed E-state index contributed by atoms with van der Waals surface area (Å²) in [4.78, 5) is 41.7. The molecule has 1 unspecified atom stereocenters. The van der Waals surface area contributed by atoms with Gasteiger partial charge >= 0.3 is 12.1 Å². The van der Waals surface area contributed by atoms with E-state index in [1.54, 1.807) is 42.5 Å². The van der Waals surface area contributed by atoms with Gasteiger partial charge in [-0.05, 0) is 57.5 Å². The third kappa shape index (κ3) is 5.94. The van der Waals surface area contributed by atoms with Crippen LogP contribution >= 0.6 is 0 Å². The molecule has 1 aliphatic rings. The van der Waals surface area contributed by atoms with Crippen LogP contribution in [0.15, 0.2) is 48.6 Å². The quantitative estimate of drug-likeness (QED) is 0.524. The van der Waals surface area contributed by atoms with Crippen molar-refractivity contribution < 1.29 is 23.9 Å². The lowest BCUT2D eigenvalue weighted by Crippen LogP contribution is -2.28. The minimum absolute atomic E-state index is 0.135. The van der Waals surface area contributed by atoms with Crippen molar-refractivity contribution in [3.8, 4) is 11.3 Å². The number of nitrogens with zero attached hydrogens (tertiary/aromatic N) is 1. The van der Waals surface area contributed by atoms with Crippen LogP contribution in [0.4, 0.5) is 16.2 Å². The zero-order valence-corrected chi connectivity index (χ0v) is 18.6. The van der Waals surface area contributed by atoms with Crippen molar-refractivity contribution in [1.82, 2.24) is 4.98 Å². The van der Waals surface area contributed by atoms with Crippen LogP contribution < -0.4 is 10.6 Å². The van der Waals surface area contributed by atoms with Gasteiger partial charge in [-0.1, -0.05) is 18.2 Å².